The molecule has 1 aromatic carbocycles. The van der Waals surface area contributed by atoms with Gasteiger partial charge in [0.25, 0.3) is 0 Å². The average Bonchev–Trinajstić information content (AvgIpc) is 2.38. The number of nitrogens with two attached hydrogens (primary N) is 1. The molecule has 0 aliphatic rings. The summed E-state index contributed by atoms with van der Waals surface area (Å²) < 4.78 is 16.1. The highest BCUT2D eigenvalue weighted by molar-refractivity contribution is 9.10. The zero-order chi connectivity index (χ0) is 14.4. The van der Waals surface area contributed by atoms with E-state index in [1.165, 1.54) is 0 Å². The summed E-state index contributed by atoms with van der Waals surface area (Å²) in [4.78, 5) is 11.5. The van der Waals surface area contributed by atoms with Crippen LogP contribution in [-0.2, 0) is 9.53 Å². The second-order valence-corrected chi connectivity index (χ2v) is 4.70. The number of benzene rings is 1. The third-order valence-corrected chi connectivity index (χ3v) is 3.22. The fraction of sp³-hybridized carbons (Fsp3) is 0.462. The van der Waals surface area contributed by atoms with Crippen LogP contribution in [0, 0.1) is 0 Å². The fourth-order valence-corrected chi connectivity index (χ4v) is 2.17. The highest BCUT2D eigenvalue weighted by Gasteiger charge is 2.19. The largest absolute Gasteiger partial charge is 0.496 e. The van der Waals surface area contributed by atoms with Crippen LogP contribution in [0.1, 0.15) is 24.9 Å². The molecule has 20 heavy (non-hydrogen) atoms. The average molecular weight is 369 g/mol. The standard InChI is InChI=1S/C13H18BrNO4.ClH/c1-4-19-13(16)7-10(15)8-5-12(18-3)9(14)6-11(8)17-2;/h5-6,10H,4,7,15H2,1-3H3;1H/t10-;/m1./s1. The van der Waals surface area contributed by atoms with Gasteiger partial charge in [-0.3, -0.25) is 4.79 Å². The summed E-state index contributed by atoms with van der Waals surface area (Å²) in [6.07, 6.45) is 0.0922. The molecule has 0 saturated heterocycles. The maximum Gasteiger partial charge on any atom is 0.307 e. The minimum Gasteiger partial charge on any atom is -0.496 e. The molecular formula is C13H19BrClNO4. The Morgan fingerprint density at radius 2 is 1.90 bits per heavy atom. The van der Waals surface area contributed by atoms with Gasteiger partial charge in [0.15, 0.2) is 0 Å². The molecular weight excluding hydrogens is 350 g/mol. The van der Waals surface area contributed by atoms with Gasteiger partial charge in [-0.1, -0.05) is 0 Å². The number of carbonyl (C=O) groups excluding carboxylic acids is 1. The summed E-state index contributed by atoms with van der Waals surface area (Å²) in [5, 5.41) is 0. The van der Waals surface area contributed by atoms with E-state index >= 15 is 0 Å². The van der Waals surface area contributed by atoms with Crippen molar-refractivity contribution >= 4 is 34.3 Å². The van der Waals surface area contributed by atoms with E-state index in [4.69, 9.17) is 19.9 Å². The maximum absolute atomic E-state index is 11.5. The molecule has 1 rings (SSSR count). The molecule has 0 fully saturated rings. The summed E-state index contributed by atoms with van der Waals surface area (Å²) in [6, 6.07) is 3.02. The van der Waals surface area contributed by atoms with E-state index in [0.717, 1.165) is 4.47 Å². The molecule has 0 bridgehead atoms. The van der Waals surface area contributed by atoms with Crippen LogP contribution in [0.4, 0.5) is 0 Å². The van der Waals surface area contributed by atoms with Crippen LogP contribution >= 0.6 is 28.3 Å². The second-order valence-electron chi connectivity index (χ2n) is 3.84. The first-order chi connectivity index (χ1) is 9.03. The number of hydrogen-bond acceptors (Lipinski definition) is 5. The van der Waals surface area contributed by atoms with Crippen LogP contribution in [0.15, 0.2) is 16.6 Å². The topological polar surface area (TPSA) is 70.8 Å². The smallest absolute Gasteiger partial charge is 0.307 e. The van der Waals surface area contributed by atoms with E-state index in [2.05, 4.69) is 15.9 Å². The van der Waals surface area contributed by atoms with Crippen molar-refractivity contribution in [3.63, 3.8) is 0 Å². The van der Waals surface area contributed by atoms with Crippen LogP contribution in [0.5, 0.6) is 11.5 Å². The Bertz CT molecular complexity index is 456. The fourth-order valence-electron chi connectivity index (χ4n) is 1.68. The normalized spacial score (nSPS) is 11.2. The molecule has 7 heteroatoms. The number of esters is 1. The van der Waals surface area contributed by atoms with Gasteiger partial charge >= 0.3 is 5.97 Å². The van der Waals surface area contributed by atoms with Crippen molar-refractivity contribution in [3.05, 3.63) is 22.2 Å². The second kappa shape index (κ2) is 9.05. The highest BCUT2D eigenvalue weighted by Crippen LogP contribution is 2.36. The van der Waals surface area contributed by atoms with E-state index in [1.54, 1.807) is 33.3 Å². The summed E-state index contributed by atoms with van der Waals surface area (Å²) in [5.41, 5.74) is 6.73. The molecule has 2 N–H and O–H groups in total. The Balaban J connectivity index is 0.00000361. The van der Waals surface area contributed by atoms with Crippen molar-refractivity contribution in [2.75, 3.05) is 20.8 Å². The third kappa shape index (κ3) is 4.85. The summed E-state index contributed by atoms with van der Waals surface area (Å²) in [5.74, 6) is 0.901. The Morgan fingerprint density at radius 1 is 1.30 bits per heavy atom. The van der Waals surface area contributed by atoms with Crippen molar-refractivity contribution in [2.24, 2.45) is 5.73 Å². The number of hydrogen-bond donors (Lipinski definition) is 1. The van der Waals surface area contributed by atoms with Crippen LogP contribution in [0.2, 0.25) is 0 Å². The SMILES string of the molecule is CCOC(=O)C[C@@H](N)c1cc(OC)c(Br)cc1OC.Cl. The first-order valence-corrected chi connectivity index (χ1v) is 6.65. The van der Waals surface area contributed by atoms with Crippen LogP contribution in [0.3, 0.4) is 0 Å². The Hall–Kier alpha value is -0.980. The van der Waals surface area contributed by atoms with Gasteiger partial charge in [0.2, 0.25) is 0 Å². The van der Waals surface area contributed by atoms with Gasteiger partial charge in [-0.05, 0) is 35.0 Å². The van der Waals surface area contributed by atoms with Gasteiger partial charge in [0.1, 0.15) is 11.5 Å². The lowest BCUT2D eigenvalue weighted by atomic mass is 10.0. The third-order valence-electron chi connectivity index (χ3n) is 2.60. The Morgan fingerprint density at radius 3 is 2.40 bits per heavy atom. The van der Waals surface area contributed by atoms with Crippen LogP contribution in [-0.4, -0.2) is 26.8 Å². The molecule has 0 amide bonds. The maximum atomic E-state index is 11.5. The Kier molecular flexibility index (Phi) is 8.60. The molecule has 0 unspecified atom stereocenters. The monoisotopic (exact) mass is 367 g/mol. The molecule has 0 aromatic heterocycles. The van der Waals surface area contributed by atoms with Gasteiger partial charge in [-0.25, -0.2) is 0 Å². The quantitative estimate of drug-likeness (QED) is 0.782. The molecule has 0 spiro atoms. The zero-order valence-corrected chi connectivity index (χ0v) is 14.0. The lowest BCUT2D eigenvalue weighted by Crippen LogP contribution is -2.18. The predicted molar refractivity (Wildman–Crippen MR) is 82.7 cm³/mol. The van der Waals surface area contributed by atoms with Gasteiger partial charge in [0.05, 0.1) is 31.7 Å². The van der Waals surface area contributed by atoms with Gasteiger partial charge in [-0.2, -0.15) is 0 Å². The number of halogens is 2. The van der Waals surface area contributed by atoms with Crippen LogP contribution < -0.4 is 15.2 Å². The van der Waals surface area contributed by atoms with Crippen molar-refractivity contribution in [1.82, 2.24) is 0 Å². The van der Waals surface area contributed by atoms with Crippen molar-refractivity contribution < 1.29 is 19.0 Å². The van der Waals surface area contributed by atoms with E-state index in [9.17, 15) is 4.79 Å². The highest BCUT2D eigenvalue weighted by atomic mass is 79.9. The molecule has 114 valence electrons. The Labute approximate surface area is 133 Å². The minimum absolute atomic E-state index is 0. The van der Waals surface area contributed by atoms with E-state index in [0.29, 0.717) is 23.7 Å². The number of rotatable bonds is 6. The lowest BCUT2D eigenvalue weighted by molar-refractivity contribution is -0.143. The van der Waals surface area contributed by atoms with Crippen molar-refractivity contribution in [2.45, 2.75) is 19.4 Å². The van der Waals surface area contributed by atoms with Crippen molar-refractivity contribution in [3.8, 4) is 11.5 Å². The molecule has 0 aliphatic carbocycles. The molecule has 0 aliphatic heterocycles. The van der Waals surface area contributed by atoms with Gasteiger partial charge in [-0.15, -0.1) is 12.4 Å². The van der Waals surface area contributed by atoms with E-state index < -0.39 is 6.04 Å². The number of ether oxygens (including phenoxy) is 3. The molecule has 0 saturated carbocycles. The minimum atomic E-state index is -0.504. The van der Waals surface area contributed by atoms with Crippen molar-refractivity contribution in [1.29, 1.82) is 0 Å². The van der Waals surface area contributed by atoms with Gasteiger partial charge in [0, 0.05) is 11.6 Å². The first kappa shape index (κ1) is 19.0. The number of methoxy groups -OCH3 is 2. The summed E-state index contributed by atoms with van der Waals surface area (Å²) in [6.45, 7) is 2.10. The number of carbonyl (C=O) groups is 1. The van der Waals surface area contributed by atoms with Crippen LogP contribution in [0.25, 0.3) is 0 Å². The van der Waals surface area contributed by atoms with E-state index in [1.807, 2.05) is 0 Å². The molecule has 5 nitrogen and oxygen atoms in total. The molecule has 0 radical (unpaired) electrons. The lowest BCUT2D eigenvalue weighted by Gasteiger charge is -2.17. The molecule has 1 aromatic rings. The first-order valence-electron chi connectivity index (χ1n) is 5.86. The predicted octanol–water partition coefficient (Wildman–Crippen LogP) is 2.84. The summed E-state index contributed by atoms with van der Waals surface area (Å²) in [7, 11) is 3.11. The summed E-state index contributed by atoms with van der Waals surface area (Å²) >= 11 is 3.37. The zero-order valence-electron chi connectivity index (χ0n) is 11.6. The molecule has 1 atom stereocenters. The van der Waals surface area contributed by atoms with Gasteiger partial charge < -0.3 is 19.9 Å². The molecule has 0 heterocycles. The van der Waals surface area contributed by atoms with E-state index in [-0.39, 0.29) is 24.8 Å².